The molecular weight excluding hydrogens is 430 g/mol. The number of rotatable bonds is 7. The number of imidazole rings is 1. The van der Waals surface area contributed by atoms with Gasteiger partial charge in [0.25, 0.3) is 0 Å². The highest BCUT2D eigenvalue weighted by Crippen LogP contribution is 2.33. The molecule has 8 nitrogen and oxygen atoms in total. The molecule has 0 saturated heterocycles. The Hall–Kier alpha value is -3.91. The highest BCUT2D eigenvalue weighted by Gasteiger charge is 2.20. The van der Waals surface area contributed by atoms with Gasteiger partial charge in [-0.3, -0.25) is 14.3 Å². The van der Waals surface area contributed by atoms with Crippen molar-refractivity contribution in [2.75, 3.05) is 32.6 Å². The minimum absolute atomic E-state index is 0.0271. The number of nitrogens with one attached hydrogen (secondary N) is 1. The monoisotopic (exact) mass is 457 g/mol. The molecule has 2 aromatic heterocycles. The molecule has 5 rings (SSSR count). The number of ether oxygens (including phenoxy) is 2. The Kier molecular flexibility index (Phi) is 6.14. The van der Waals surface area contributed by atoms with Gasteiger partial charge in [0, 0.05) is 26.1 Å². The second-order valence-electron chi connectivity index (χ2n) is 8.31. The fraction of sp³-hybridized carbons (Fsp3) is 0.269. The van der Waals surface area contributed by atoms with Crippen molar-refractivity contribution in [2.45, 2.75) is 19.4 Å². The molecule has 1 amide bonds. The average molecular weight is 458 g/mol. The van der Waals surface area contributed by atoms with Crippen LogP contribution in [0, 0.1) is 0 Å². The zero-order chi connectivity index (χ0) is 23.5. The predicted octanol–water partition coefficient (Wildman–Crippen LogP) is 3.82. The summed E-state index contributed by atoms with van der Waals surface area (Å²) in [5, 5.41) is 2.95. The number of anilines is 1. The minimum atomic E-state index is -0.0271. The van der Waals surface area contributed by atoms with E-state index >= 15 is 0 Å². The van der Waals surface area contributed by atoms with Crippen molar-refractivity contribution in [3.8, 4) is 17.3 Å². The highest BCUT2D eigenvalue weighted by atomic mass is 16.5. The third-order valence-corrected chi connectivity index (χ3v) is 6.18. The van der Waals surface area contributed by atoms with Gasteiger partial charge < -0.3 is 14.8 Å². The maximum absolute atomic E-state index is 12.6. The molecule has 0 aliphatic carbocycles. The number of nitrogens with zero attached hydrogens (tertiary/aromatic N) is 4. The normalized spacial score (nSPS) is 13.5. The van der Waals surface area contributed by atoms with Gasteiger partial charge in [0.05, 0.1) is 37.1 Å². The first-order valence-electron chi connectivity index (χ1n) is 11.3. The van der Waals surface area contributed by atoms with Crippen LogP contribution in [0.15, 0.2) is 61.1 Å². The number of pyridine rings is 1. The number of carbonyl (C=O) groups is 1. The molecule has 1 N–H and O–H groups in total. The molecule has 0 atom stereocenters. The van der Waals surface area contributed by atoms with E-state index in [1.165, 1.54) is 11.1 Å². The van der Waals surface area contributed by atoms with Crippen LogP contribution >= 0.6 is 0 Å². The molecule has 0 unspecified atom stereocenters. The summed E-state index contributed by atoms with van der Waals surface area (Å²) in [4.78, 5) is 23.8. The topological polar surface area (TPSA) is 81.5 Å². The number of carbonyl (C=O) groups excluding carboxylic acids is 1. The average Bonchev–Trinajstić information content (AvgIpc) is 3.31. The number of para-hydroxylation sites is 2. The van der Waals surface area contributed by atoms with Crippen LogP contribution in [0.5, 0.6) is 11.5 Å². The molecular formula is C26H27N5O3. The summed E-state index contributed by atoms with van der Waals surface area (Å²) in [5.41, 5.74) is 5.08. The van der Waals surface area contributed by atoms with Gasteiger partial charge in [-0.25, -0.2) is 9.97 Å². The van der Waals surface area contributed by atoms with Gasteiger partial charge in [0.2, 0.25) is 5.91 Å². The summed E-state index contributed by atoms with van der Waals surface area (Å²) in [5.74, 6) is 2.22. The van der Waals surface area contributed by atoms with Crippen molar-refractivity contribution >= 4 is 22.6 Å². The highest BCUT2D eigenvalue weighted by molar-refractivity contribution is 5.90. The number of methoxy groups -OCH3 is 2. The standard InChI is InChI=1S/C26H27N5O3/c1-33-23-13-18-9-11-30(16-19(18)14-24(23)34-2)12-10-26(32)29-20-7-8-25(27-15-20)31-17-28-21-5-3-4-6-22(21)31/h3-8,13-15,17H,9-12,16H2,1-2H3,(H,29,32). The van der Waals surface area contributed by atoms with Gasteiger partial charge in [0.1, 0.15) is 12.1 Å². The Labute approximate surface area is 198 Å². The Morgan fingerprint density at radius 1 is 1.03 bits per heavy atom. The molecule has 0 fully saturated rings. The molecule has 0 spiro atoms. The van der Waals surface area contributed by atoms with Crippen LogP contribution in [0.25, 0.3) is 16.9 Å². The molecule has 3 heterocycles. The lowest BCUT2D eigenvalue weighted by molar-refractivity contribution is -0.116. The largest absolute Gasteiger partial charge is 0.493 e. The summed E-state index contributed by atoms with van der Waals surface area (Å²) in [7, 11) is 3.30. The minimum Gasteiger partial charge on any atom is -0.493 e. The number of hydrogen-bond donors (Lipinski definition) is 1. The molecule has 1 aliphatic heterocycles. The summed E-state index contributed by atoms with van der Waals surface area (Å²) in [6.07, 6.45) is 4.77. The van der Waals surface area contributed by atoms with Crippen LogP contribution in [0.1, 0.15) is 17.5 Å². The Bertz CT molecular complexity index is 1320. The van der Waals surface area contributed by atoms with Gasteiger partial charge in [-0.05, 0) is 53.9 Å². The summed E-state index contributed by atoms with van der Waals surface area (Å²) in [6.45, 7) is 2.38. The fourth-order valence-electron chi connectivity index (χ4n) is 4.36. The molecule has 1 aliphatic rings. The zero-order valence-corrected chi connectivity index (χ0v) is 19.3. The number of hydrogen-bond acceptors (Lipinski definition) is 6. The van der Waals surface area contributed by atoms with E-state index in [2.05, 4.69) is 26.3 Å². The maximum Gasteiger partial charge on any atom is 0.225 e. The van der Waals surface area contributed by atoms with Gasteiger partial charge in [-0.1, -0.05) is 12.1 Å². The molecule has 2 aromatic carbocycles. The van der Waals surface area contributed by atoms with Crippen LogP contribution in [0.3, 0.4) is 0 Å². The summed E-state index contributed by atoms with van der Waals surface area (Å²) >= 11 is 0. The van der Waals surface area contributed by atoms with Crippen LogP contribution in [-0.2, 0) is 17.8 Å². The lowest BCUT2D eigenvalue weighted by Gasteiger charge is -2.29. The van der Waals surface area contributed by atoms with Crippen LogP contribution < -0.4 is 14.8 Å². The predicted molar refractivity (Wildman–Crippen MR) is 131 cm³/mol. The van der Waals surface area contributed by atoms with E-state index in [9.17, 15) is 4.79 Å². The summed E-state index contributed by atoms with van der Waals surface area (Å²) in [6, 6.07) is 15.8. The van der Waals surface area contributed by atoms with E-state index in [0.29, 0.717) is 18.7 Å². The van der Waals surface area contributed by atoms with E-state index in [-0.39, 0.29) is 5.91 Å². The first-order valence-corrected chi connectivity index (χ1v) is 11.3. The second-order valence-corrected chi connectivity index (χ2v) is 8.31. The molecule has 0 saturated carbocycles. The third-order valence-electron chi connectivity index (χ3n) is 6.18. The smallest absolute Gasteiger partial charge is 0.225 e. The SMILES string of the molecule is COc1cc2c(cc1OC)CN(CCC(=O)Nc1ccc(-n3cnc4ccccc43)nc1)CC2. The molecule has 174 valence electrons. The quantitative estimate of drug-likeness (QED) is 0.454. The van der Waals surface area contributed by atoms with E-state index in [1.54, 1.807) is 26.7 Å². The molecule has 0 radical (unpaired) electrons. The first-order chi connectivity index (χ1) is 16.6. The van der Waals surface area contributed by atoms with Crippen LogP contribution in [0.2, 0.25) is 0 Å². The van der Waals surface area contributed by atoms with Crippen molar-refractivity contribution in [3.05, 3.63) is 72.2 Å². The van der Waals surface area contributed by atoms with Gasteiger partial charge in [-0.2, -0.15) is 0 Å². The van der Waals surface area contributed by atoms with Crippen molar-refractivity contribution < 1.29 is 14.3 Å². The fourth-order valence-corrected chi connectivity index (χ4v) is 4.36. The van der Waals surface area contributed by atoms with Crippen molar-refractivity contribution in [2.24, 2.45) is 0 Å². The van der Waals surface area contributed by atoms with Crippen LogP contribution in [-0.4, -0.2) is 52.7 Å². The molecule has 34 heavy (non-hydrogen) atoms. The number of fused-ring (bicyclic) bond motifs is 2. The van der Waals surface area contributed by atoms with Gasteiger partial charge in [0.15, 0.2) is 11.5 Å². The Morgan fingerprint density at radius 2 is 1.82 bits per heavy atom. The van der Waals surface area contributed by atoms with Gasteiger partial charge in [-0.15, -0.1) is 0 Å². The Morgan fingerprint density at radius 3 is 2.59 bits per heavy atom. The maximum atomic E-state index is 12.6. The third kappa shape index (κ3) is 4.45. The van der Waals surface area contributed by atoms with Gasteiger partial charge >= 0.3 is 0 Å². The second kappa shape index (κ2) is 9.52. The van der Waals surface area contributed by atoms with E-state index in [0.717, 1.165) is 47.9 Å². The number of amides is 1. The van der Waals surface area contributed by atoms with E-state index in [1.807, 2.05) is 47.0 Å². The molecule has 8 heteroatoms. The van der Waals surface area contributed by atoms with E-state index in [4.69, 9.17) is 9.47 Å². The van der Waals surface area contributed by atoms with Crippen molar-refractivity contribution in [1.82, 2.24) is 19.4 Å². The zero-order valence-electron chi connectivity index (χ0n) is 19.3. The Balaban J connectivity index is 1.17. The lowest BCUT2D eigenvalue weighted by atomic mass is 9.98. The first kappa shape index (κ1) is 21.9. The van der Waals surface area contributed by atoms with E-state index < -0.39 is 0 Å². The lowest BCUT2D eigenvalue weighted by Crippen LogP contribution is -2.33. The van der Waals surface area contributed by atoms with Crippen molar-refractivity contribution in [1.29, 1.82) is 0 Å². The number of benzene rings is 2. The molecule has 4 aromatic rings. The number of aromatic nitrogens is 3. The van der Waals surface area contributed by atoms with Crippen molar-refractivity contribution in [3.63, 3.8) is 0 Å². The molecule has 0 bridgehead atoms. The van der Waals surface area contributed by atoms with Crippen LogP contribution in [0.4, 0.5) is 5.69 Å². The summed E-state index contributed by atoms with van der Waals surface area (Å²) < 4.78 is 12.8.